The molecule has 2 aromatic rings. The zero-order valence-electron chi connectivity index (χ0n) is 10.5. The normalized spacial score (nSPS) is 13.6. The molecule has 0 radical (unpaired) electrons. The Morgan fingerprint density at radius 3 is 2.44 bits per heavy atom. The molecule has 0 saturated carbocycles. The van der Waals surface area contributed by atoms with Gasteiger partial charge in [-0.15, -0.1) is 0 Å². The number of rotatable bonds is 2. The number of hydrogen-bond donors (Lipinski definition) is 1. The molecule has 1 aromatic heterocycles. The van der Waals surface area contributed by atoms with Crippen LogP contribution in [0.15, 0.2) is 24.4 Å². The third-order valence-electron chi connectivity index (χ3n) is 3.14. The molecule has 0 saturated heterocycles. The van der Waals surface area contributed by atoms with Crippen molar-refractivity contribution in [1.29, 1.82) is 0 Å². The van der Waals surface area contributed by atoms with Crippen molar-refractivity contribution in [3.05, 3.63) is 35.5 Å². The maximum atomic E-state index is 5.91. The largest absolute Gasteiger partial charge is 0.345 e. The average Bonchev–Trinajstić information content (AvgIpc) is 2.56. The van der Waals surface area contributed by atoms with E-state index in [1.807, 2.05) is 6.92 Å². The number of nitrogens with two attached hydrogens (primary N) is 1. The van der Waals surface area contributed by atoms with Crippen LogP contribution in [-0.2, 0) is 0 Å². The quantitative estimate of drug-likeness (QED) is 0.817. The summed E-state index contributed by atoms with van der Waals surface area (Å²) in [6.07, 6.45) is 2.22. The SMILES string of the molecule is Cc1cn(C(C)C)c2ccc(C(C)N)cc12. The number of aromatic nitrogens is 1. The molecule has 1 unspecified atom stereocenters. The van der Waals surface area contributed by atoms with Crippen LogP contribution < -0.4 is 5.73 Å². The van der Waals surface area contributed by atoms with Gasteiger partial charge in [0.05, 0.1) is 0 Å². The number of nitrogens with zero attached hydrogens (tertiary/aromatic N) is 1. The molecule has 16 heavy (non-hydrogen) atoms. The average molecular weight is 216 g/mol. The highest BCUT2D eigenvalue weighted by Gasteiger charge is 2.09. The van der Waals surface area contributed by atoms with Crippen molar-refractivity contribution in [3.63, 3.8) is 0 Å². The van der Waals surface area contributed by atoms with Crippen molar-refractivity contribution >= 4 is 10.9 Å². The third kappa shape index (κ3) is 1.74. The molecule has 0 aliphatic rings. The van der Waals surface area contributed by atoms with Gasteiger partial charge in [0, 0.05) is 29.2 Å². The summed E-state index contributed by atoms with van der Waals surface area (Å²) in [5, 5.41) is 1.32. The first-order chi connectivity index (χ1) is 7.50. The zero-order valence-corrected chi connectivity index (χ0v) is 10.5. The summed E-state index contributed by atoms with van der Waals surface area (Å²) in [4.78, 5) is 0. The van der Waals surface area contributed by atoms with Crippen molar-refractivity contribution in [2.24, 2.45) is 5.73 Å². The molecular formula is C14H20N2. The van der Waals surface area contributed by atoms with E-state index in [0.717, 1.165) is 0 Å². The predicted octanol–water partition coefficient (Wildman–Crippen LogP) is 3.55. The van der Waals surface area contributed by atoms with Crippen LogP contribution in [0.5, 0.6) is 0 Å². The Labute approximate surface area is 97.1 Å². The van der Waals surface area contributed by atoms with Gasteiger partial charge in [-0.1, -0.05) is 6.07 Å². The molecule has 1 atom stereocenters. The Bertz CT molecular complexity index is 507. The van der Waals surface area contributed by atoms with Gasteiger partial charge in [-0.2, -0.15) is 0 Å². The van der Waals surface area contributed by atoms with Crippen LogP contribution in [0.2, 0.25) is 0 Å². The first kappa shape index (κ1) is 11.2. The second kappa shape index (κ2) is 3.95. The number of hydrogen-bond acceptors (Lipinski definition) is 1. The van der Waals surface area contributed by atoms with Crippen molar-refractivity contribution in [2.75, 3.05) is 0 Å². The molecular weight excluding hydrogens is 196 g/mol. The lowest BCUT2D eigenvalue weighted by Gasteiger charge is -2.10. The van der Waals surface area contributed by atoms with Crippen LogP contribution >= 0.6 is 0 Å². The molecule has 2 N–H and O–H groups in total. The maximum absolute atomic E-state index is 5.91. The minimum Gasteiger partial charge on any atom is -0.345 e. The molecule has 0 aliphatic heterocycles. The highest BCUT2D eigenvalue weighted by molar-refractivity contribution is 5.84. The fourth-order valence-electron chi connectivity index (χ4n) is 2.15. The van der Waals surface area contributed by atoms with E-state index in [9.17, 15) is 0 Å². The lowest BCUT2D eigenvalue weighted by atomic mass is 10.1. The third-order valence-corrected chi connectivity index (χ3v) is 3.14. The van der Waals surface area contributed by atoms with Gasteiger partial charge in [-0.3, -0.25) is 0 Å². The molecule has 2 nitrogen and oxygen atoms in total. The van der Waals surface area contributed by atoms with Gasteiger partial charge < -0.3 is 10.3 Å². The van der Waals surface area contributed by atoms with Crippen molar-refractivity contribution < 1.29 is 0 Å². The first-order valence-corrected chi connectivity index (χ1v) is 5.87. The van der Waals surface area contributed by atoms with Gasteiger partial charge in [0.15, 0.2) is 0 Å². The van der Waals surface area contributed by atoms with Crippen LogP contribution in [0.25, 0.3) is 10.9 Å². The smallest absolute Gasteiger partial charge is 0.0485 e. The van der Waals surface area contributed by atoms with Crippen LogP contribution in [0.4, 0.5) is 0 Å². The van der Waals surface area contributed by atoms with Crippen molar-refractivity contribution in [3.8, 4) is 0 Å². The van der Waals surface area contributed by atoms with E-state index in [4.69, 9.17) is 5.73 Å². The zero-order chi connectivity index (χ0) is 11.9. The van der Waals surface area contributed by atoms with Crippen LogP contribution in [0.3, 0.4) is 0 Å². The Kier molecular flexibility index (Phi) is 2.76. The Hall–Kier alpha value is -1.28. The number of fused-ring (bicyclic) bond motifs is 1. The van der Waals surface area contributed by atoms with E-state index in [2.05, 4.69) is 49.7 Å². The highest BCUT2D eigenvalue weighted by Crippen LogP contribution is 2.26. The van der Waals surface area contributed by atoms with Crippen LogP contribution in [0, 0.1) is 6.92 Å². The molecule has 2 heteroatoms. The highest BCUT2D eigenvalue weighted by atomic mass is 15.0. The molecule has 0 fully saturated rings. The molecule has 0 spiro atoms. The van der Waals surface area contributed by atoms with E-state index >= 15 is 0 Å². The predicted molar refractivity (Wildman–Crippen MR) is 69.7 cm³/mol. The standard InChI is InChI=1S/C14H20N2/c1-9(2)16-8-10(3)13-7-12(11(4)15)5-6-14(13)16/h5-9,11H,15H2,1-4H3. The van der Waals surface area contributed by atoms with Gasteiger partial charge in [-0.05, 0) is 51.0 Å². The van der Waals surface area contributed by atoms with E-state index < -0.39 is 0 Å². The van der Waals surface area contributed by atoms with E-state index in [0.29, 0.717) is 6.04 Å². The minimum atomic E-state index is 0.103. The van der Waals surface area contributed by atoms with E-state index in [-0.39, 0.29) is 6.04 Å². The summed E-state index contributed by atoms with van der Waals surface area (Å²) in [6.45, 7) is 8.60. The molecule has 86 valence electrons. The second-order valence-electron chi connectivity index (χ2n) is 4.88. The van der Waals surface area contributed by atoms with Gasteiger partial charge in [0.2, 0.25) is 0 Å². The fraction of sp³-hybridized carbons (Fsp3) is 0.429. The summed E-state index contributed by atoms with van der Waals surface area (Å²) in [5.74, 6) is 0. The Morgan fingerprint density at radius 2 is 1.88 bits per heavy atom. The number of benzene rings is 1. The number of aryl methyl sites for hydroxylation is 1. The summed E-state index contributed by atoms with van der Waals surface area (Å²) in [7, 11) is 0. The molecule has 2 rings (SSSR count). The van der Waals surface area contributed by atoms with Crippen LogP contribution in [-0.4, -0.2) is 4.57 Å². The fourth-order valence-corrected chi connectivity index (χ4v) is 2.15. The summed E-state index contributed by atoms with van der Waals surface area (Å²) >= 11 is 0. The molecule has 1 aromatic carbocycles. The van der Waals surface area contributed by atoms with Gasteiger partial charge >= 0.3 is 0 Å². The van der Waals surface area contributed by atoms with Crippen molar-refractivity contribution in [1.82, 2.24) is 4.57 Å². The molecule has 0 aliphatic carbocycles. The topological polar surface area (TPSA) is 30.9 Å². The molecule has 1 heterocycles. The van der Waals surface area contributed by atoms with Crippen molar-refractivity contribution in [2.45, 2.75) is 39.8 Å². The lowest BCUT2D eigenvalue weighted by molar-refractivity contribution is 0.622. The van der Waals surface area contributed by atoms with E-state index in [1.54, 1.807) is 0 Å². The Balaban J connectivity index is 2.67. The van der Waals surface area contributed by atoms with Gasteiger partial charge in [0.25, 0.3) is 0 Å². The van der Waals surface area contributed by atoms with E-state index in [1.165, 1.54) is 22.0 Å². The van der Waals surface area contributed by atoms with Crippen LogP contribution in [0.1, 0.15) is 44.0 Å². The van der Waals surface area contributed by atoms with Gasteiger partial charge in [0.1, 0.15) is 0 Å². The molecule has 0 amide bonds. The maximum Gasteiger partial charge on any atom is 0.0485 e. The Morgan fingerprint density at radius 1 is 1.19 bits per heavy atom. The summed E-state index contributed by atoms with van der Waals surface area (Å²) < 4.78 is 2.32. The monoisotopic (exact) mass is 216 g/mol. The first-order valence-electron chi connectivity index (χ1n) is 5.87. The minimum absolute atomic E-state index is 0.103. The lowest BCUT2D eigenvalue weighted by Crippen LogP contribution is -2.04. The summed E-state index contributed by atoms with van der Waals surface area (Å²) in [6, 6.07) is 7.13. The second-order valence-corrected chi connectivity index (χ2v) is 4.88. The molecule has 0 bridgehead atoms. The summed E-state index contributed by atoms with van der Waals surface area (Å²) in [5.41, 5.74) is 9.75. The van der Waals surface area contributed by atoms with Gasteiger partial charge in [-0.25, -0.2) is 0 Å².